The summed E-state index contributed by atoms with van der Waals surface area (Å²) in [6.07, 6.45) is 0.802. The number of benzene rings is 8. The Hall–Kier alpha value is -5.71. The molecule has 1 aliphatic carbocycles. The van der Waals surface area contributed by atoms with Gasteiger partial charge >= 0.3 is 0 Å². The zero-order valence-corrected chi connectivity index (χ0v) is 30.9. The highest BCUT2D eigenvalue weighted by Crippen LogP contribution is 2.61. The molecule has 0 saturated heterocycles. The Morgan fingerprint density at radius 2 is 1.09 bits per heavy atom. The van der Waals surface area contributed by atoms with Gasteiger partial charge in [-0.2, -0.15) is 0 Å². The van der Waals surface area contributed by atoms with Crippen LogP contribution in [0.1, 0.15) is 23.9 Å². The monoisotopic (exact) mass is 706 g/mol. The lowest BCUT2D eigenvalue weighted by molar-refractivity contribution is 0.138. The standard InChI is InChI=1S/C48H31B5N2O/c1-2-43-54-40-21-11-12-22-42(40)55(43)41-26-25-37(29-13-3-4-15-32(29)41)45-35-18-7-5-16-33(35)44(34-17-6-8-19-36(34)45)28-23-24-31-30-14-9-10-20-38(30)46(39(31)27-28,47(49,50)51)48(52,53)56/h3-27,56H,2H2,1H3. The lowest BCUT2D eigenvalue weighted by Crippen LogP contribution is -2.60. The first kappa shape index (κ1) is 34.8. The van der Waals surface area contributed by atoms with Gasteiger partial charge in [-0.3, -0.25) is 4.57 Å². The van der Waals surface area contributed by atoms with E-state index in [0.717, 1.165) is 94.7 Å². The molecular weight excluding hydrogens is 675 g/mol. The van der Waals surface area contributed by atoms with Crippen molar-refractivity contribution in [3.05, 3.63) is 169 Å². The predicted octanol–water partition coefficient (Wildman–Crippen LogP) is 9.21. The Bertz CT molecular complexity index is 2990. The second-order valence-electron chi connectivity index (χ2n) is 15.0. The molecule has 1 aromatic heterocycles. The van der Waals surface area contributed by atoms with Crippen LogP contribution in [-0.2, 0) is 11.8 Å². The van der Waals surface area contributed by atoms with Crippen molar-refractivity contribution in [1.82, 2.24) is 9.55 Å². The van der Waals surface area contributed by atoms with Crippen molar-refractivity contribution in [2.75, 3.05) is 0 Å². The fourth-order valence-electron chi connectivity index (χ4n) is 9.69. The van der Waals surface area contributed by atoms with Crippen LogP contribution in [-0.4, -0.2) is 59.3 Å². The van der Waals surface area contributed by atoms with E-state index in [4.69, 9.17) is 44.2 Å². The third kappa shape index (κ3) is 4.72. The van der Waals surface area contributed by atoms with Gasteiger partial charge in [0.15, 0.2) is 0 Å². The summed E-state index contributed by atoms with van der Waals surface area (Å²) in [6.45, 7) is 2.15. The highest BCUT2D eigenvalue weighted by atomic mass is 16.3. The van der Waals surface area contributed by atoms with E-state index >= 15 is 0 Å². The molecule has 1 N–H and O–H groups in total. The lowest BCUT2D eigenvalue weighted by Gasteiger charge is -2.54. The summed E-state index contributed by atoms with van der Waals surface area (Å²) >= 11 is 0. The third-order valence-electron chi connectivity index (χ3n) is 11.9. The molecule has 0 aliphatic heterocycles. The zero-order chi connectivity index (χ0) is 38.6. The molecule has 1 unspecified atom stereocenters. The minimum Gasteiger partial charge on any atom is -0.408 e. The molecule has 0 spiro atoms. The SMILES string of the molecule is [B]C([B])([B])C1(C([B])([B])O)c2ccccc2-c2ccc(-c3c4ccccc4c(-c4ccc(-n5c(CC)nc6ccccc65)c5ccccc45)c4ccccc34)cc21. The van der Waals surface area contributed by atoms with E-state index in [1.165, 1.54) is 0 Å². The molecule has 254 valence electrons. The number of imidazole rings is 1. The summed E-state index contributed by atoms with van der Waals surface area (Å²) in [5, 5.41) is 13.8. The summed E-state index contributed by atoms with van der Waals surface area (Å²) in [5.41, 5.74) is 8.33. The highest BCUT2D eigenvalue weighted by molar-refractivity contribution is 6.61. The lowest BCUT2D eigenvalue weighted by atomic mass is 9.24. The van der Waals surface area contributed by atoms with Crippen LogP contribution in [0.2, 0.25) is 5.11 Å². The summed E-state index contributed by atoms with van der Waals surface area (Å²) in [6, 6.07) is 52.1. The van der Waals surface area contributed by atoms with Gasteiger partial charge in [0.1, 0.15) is 21.5 Å². The minimum atomic E-state index is -2.41. The first-order chi connectivity index (χ1) is 27.0. The number of aryl methyl sites for hydroxylation is 1. The fourth-order valence-corrected chi connectivity index (χ4v) is 9.69. The van der Waals surface area contributed by atoms with Crippen LogP contribution in [0.4, 0.5) is 0 Å². The molecule has 0 saturated carbocycles. The highest BCUT2D eigenvalue weighted by Gasteiger charge is 2.57. The fraction of sp³-hybridized carbons (Fsp3) is 0.104. The van der Waals surface area contributed by atoms with E-state index in [9.17, 15) is 5.11 Å². The van der Waals surface area contributed by atoms with E-state index in [-0.39, 0.29) is 0 Å². The van der Waals surface area contributed by atoms with Crippen LogP contribution in [0, 0.1) is 0 Å². The maximum Gasteiger partial charge on any atom is 0.114 e. The van der Waals surface area contributed by atoms with Crippen molar-refractivity contribution in [2.45, 2.75) is 29.3 Å². The smallest absolute Gasteiger partial charge is 0.114 e. The Labute approximate surface area is 332 Å². The molecular formula is C48H31B5N2O. The molecule has 10 radical (unpaired) electrons. The van der Waals surface area contributed by atoms with Crippen molar-refractivity contribution in [3.8, 4) is 39.1 Å². The molecule has 1 heterocycles. The second-order valence-corrected chi connectivity index (χ2v) is 15.0. The third-order valence-corrected chi connectivity index (χ3v) is 11.9. The molecule has 10 rings (SSSR count). The number of para-hydroxylation sites is 2. The van der Waals surface area contributed by atoms with E-state index in [1.54, 1.807) is 0 Å². The van der Waals surface area contributed by atoms with Gasteiger partial charge in [-0.25, -0.2) is 4.98 Å². The van der Waals surface area contributed by atoms with Crippen LogP contribution >= 0.6 is 0 Å². The molecule has 1 atom stereocenters. The van der Waals surface area contributed by atoms with Gasteiger partial charge in [-0.05, 0) is 101 Å². The molecule has 9 aromatic rings. The van der Waals surface area contributed by atoms with Crippen LogP contribution in [0.25, 0.3) is 82.4 Å². The van der Waals surface area contributed by atoms with Gasteiger partial charge in [0.2, 0.25) is 0 Å². The van der Waals surface area contributed by atoms with Gasteiger partial charge in [0.25, 0.3) is 0 Å². The summed E-state index contributed by atoms with van der Waals surface area (Å²) in [7, 11) is 32.7. The number of rotatable bonds is 6. The first-order valence-electron chi connectivity index (χ1n) is 18.9. The average molecular weight is 706 g/mol. The van der Waals surface area contributed by atoms with E-state index in [2.05, 4.69) is 121 Å². The number of aromatic nitrogens is 2. The second kappa shape index (κ2) is 12.4. The van der Waals surface area contributed by atoms with Crippen molar-refractivity contribution in [2.24, 2.45) is 0 Å². The molecule has 8 heteroatoms. The summed E-state index contributed by atoms with van der Waals surface area (Å²) in [4.78, 5) is 5.00. The Morgan fingerprint density at radius 1 is 0.554 bits per heavy atom. The van der Waals surface area contributed by atoms with Gasteiger partial charge in [-0.1, -0.05) is 134 Å². The molecule has 0 fully saturated rings. The van der Waals surface area contributed by atoms with Crippen molar-refractivity contribution >= 4 is 82.6 Å². The Kier molecular flexibility index (Phi) is 7.70. The van der Waals surface area contributed by atoms with Gasteiger partial charge < -0.3 is 5.11 Å². The van der Waals surface area contributed by atoms with Gasteiger partial charge in [0.05, 0.1) is 40.3 Å². The Morgan fingerprint density at radius 3 is 1.73 bits per heavy atom. The van der Waals surface area contributed by atoms with E-state index < -0.39 is 15.9 Å². The zero-order valence-electron chi connectivity index (χ0n) is 30.9. The van der Waals surface area contributed by atoms with Crippen molar-refractivity contribution < 1.29 is 5.11 Å². The molecule has 1 aliphatic rings. The summed E-state index contributed by atoms with van der Waals surface area (Å²) in [5.74, 6) is 1.02. The van der Waals surface area contributed by atoms with Crippen LogP contribution in [0.3, 0.4) is 0 Å². The number of nitrogens with zero attached hydrogens (tertiary/aromatic N) is 2. The van der Waals surface area contributed by atoms with Crippen LogP contribution < -0.4 is 0 Å². The van der Waals surface area contributed by atoms with Crippen molar-refractivity contribution in [3.63, 3.8) is 0 Å². The maximum atomic E-state index is 11.6. The van der Waals surface area contributed by atoms with Crippen LogP contribution in [0.15, 0.2) is 152 Å². The molecule has 56 heavy (non-hydrogen) atoms. The van der Waals surface area contributed by atoms with Gasteiger partial charge in [0, 0.05) is 17.2 Å². The quantitative estimate of drug-likeness (QED) is 0.138. The molecule has 0 amide bonds. The number of aliphatic hydroxyl groups is 1. The molecule has 0 bridgehead atoms. The van der Waals surface area contributed by atoms with E-state index in [1.807, 2.05) is 42.5 Å². The predicted molar refractivity (Wildman–Crippen MR) is 236 cm³/mol. The minimum absolute atomic E-state index is 0.563. The summed E-state index contributed by atoms with van der Waals surface area (Å²) < 4.78 is 2.30. The first-order valence-corrected chi connectivity index (χ1v) is 18.9. The molecule has 3 nitrogen and oxygen atoms in total. The molecule has 8 aromatic carbocycles. The van der Waals surface area contributed by atoms with Gasteiger partial charge in [-0.15, -0.1) is 5.11 Å². The average Bonchev–Trinajstić information content (AvgIpc) is 3.73. The topological polar surface area (TPSA) is 38.0 Å². The number of fused-ring (bicyclic) bond motifs is 7. The number of hydrogen-bond acceptors (Lipinski definition) is 2. The van der Waals surface area contributed by atoms with E-state index in [0.29, 0.717) is 11.1 Å². The number of hydrogen-bond donors (Lipinski definition) is 1. The normalized spacial score (nSPS) is 15.5. The van der Waals surface area contributed by atoms with Crippen LogP contribution in [0.5, 0.6) is 0 Å². The maximum absolute atomic E-state index is 11.6. The Balaban J connectivity index is 1.26. The largest absolute Gasteiger partial charge is 0.408 e. The van der Waals surface area contributed by atoms with Crippen molar-refractivity contribution in [1.29, 1.82) is 0 Å².